The summed E-state index contributed by atoms with van der Waals surface area (Å²) in [6.45, 7) is 0.295. The molecule has 0 unspecified atom stereocenters. The summed E-state index contributed by atoms with van der Waals surface area (Å²) in [5.41, 5.74) is 3.06. The minimum Gasteiger partial charge on any atom is -0.303 e. The van der Waals surface area contributed by atoms with E-state index in [1.165, 1.54) is 15.9 Å². The van der Waals surface area contributed by atoms with Crippen molar-refractivity contribution in [2.45, 2.75) is 6.54 Å². The van der Waals surface area contributed by atoms with Crippen molar-refractivity contribution >= 4 is 61.0 Å². The van der Waals surface area contributed by atoms with Crippen molar-refractivity contribution in [3.63, 3.8) is 0 Å². The maximum absolute atomic E-state index is 13.7. The summed E-state index contributed by atoms with van der Waals surface area (Å²) < 4.78 is 2.41. The number of rotatable bonds is 3. The molecule has 3 heterocycles. The highest BCUT2D eigenvalue weighted by Crippen LogP contribution is 2.38. The van der Waals surface area contributed by atoms with E-state index in [9.17, 15) is 9.59 Å². The van der Waals surface area contributed by atoms with Crippen LogP contribution in [0.4, 0.5) is 5.69 Å². The van der Waals surface area contributed by atoms with Crippen LogP contribution in [0.5, 0.6) is 0 Å². The van der Waals surface area contributed by atoms with Crippen LogP contribution in [0, 0.1) is 0 Å². The number of carbonyl (C=O) groups is 1. The minimum absolute atomic E-state index is 0.252. The van der Waals surface area contributed by atoms with Crippen molar-refractivity contribution in [1.29, 1.82) is 0 Å². The molecule has 1 amide bonds. The Hall–Kier alpha value is -3.33. The number of benzene rings is 3. The number of anilines is 1. The van der Waals surface area contributed by atoms with Gasteiger partial charge < -0.3 is 4.90 Å². The lowest BCUT2D eigenvalue weighted by molar-refractivity contribution is -0.113. The molecule has 5 aromatic rings. The van der Waals surface area contributed by atoms with E-state index in [1.54, 1.807) is 11.0 Å². The molecule has 1 aliphatic rings. The Morgan fingerprint density at radius 2 is 1.74 bits per heavy atom. The van der Waals surface area contributed by atoms with Crippen LogP contribution in [0.25, 0.3) is 21.9 Å². The van der Waals surface area contributed by atoms with Crippen molar-refractivity contribution in [2.24, 2.45) is 0 Å². The predicted octanol–water partition coefficient (Wildman–Crippen LogP) is 4.70. The highest BCUT2D eigenvalue weighted by Gasteiger charge is 2.35. The summed E-state index contributed by atoms with van der Waals surface area (Å²) in [7, 11) is 0. The molecule has 166 valence electrons. The highest BCUT2D eigenvalue weighted by molar-refractivity contribution is 9.10. The standard InChI is InChI=1S/C25H14BrClN4O2S/c26-16-10-11-19-17(12-16)20(23(32)30(19)13-15-8-4-5-9-18(15)27)21-24(33)31-25(34-21)28-22(29-31)14-6-2-1-3-7-14/h1-12H,13H2/b21-20-. The first-order valence-electron chi connectivity index (χ1n) is 10.4. The fourth-order valence-corrected chi connectivity index (χ4v) is 5.63. The Morgan fingerprint density at radius 1 is 0.971 bits per heavy atom. The molecule has 0 aliphatic carbocycles. The molecule has 0 radical (unpaired) electrons. The summed E-state index contributed by atoms with van der Waals surface area (Å²) in [5, 5.41) is 4.99. The van der Waals surface area contributed by atoms with Crippen LogP contribution < -0.4 is 15.0 Å². The van der Waals surface area contributed by atoms with E-state index in [-0.39, 0.29) is 11.5 Å². The van der Waals surface area contributed by atoms with Crippen LogP contribution in [0.15, 0.2) is 82.1 Å². The van der Waals surface area contributed by atoms with Gasteiger partial charge in [-0.25, -0.2) is 0 Å². The maximum Gasteiger partial charge on any atom is 0.291 e. The average Bonchev–Trinajstić information content (AvgIpc) is 3.47. The Labute approximate surface area is 210 Å². The zero-order valence-electron chi connectivity index (χ0n) is 17.4. The summed E-state index contributed by atoms with van der Waals surface area (Å²) in [6, 6.07) is 22.5. The molecule has 1 aliphatic heterocycles. The molecule has 0 bridgehead atoms. The Balaban J connectivity index is 1.53. The van der Waals surface area contributed by atoms with E-state index < -0.39 is 0 Å². The Bertz CT molecular complexity index is 1710. The number of amides is 1. The average molecular weight is 550 g/mol. The Kier molecular flexibility index (Phi) is 5.09. The van der Waals surface area contributed by atoms with Gasteiger partial charge in [-0.05, 0) is 29.8 Å². The fraction of sp³-hybridized carbons (Fsp3) is 0.0400. The minimum atomic E-state index is -0.358. The fourth-order valence-electron chi connectivity index (χ4n) is 4.07. The van der Waals surface area contributed by atoms with Gasteiger partial charge in [-0.2, -0.15) is 9.50 Å². The van der Waals surface area contributed by atoms with Crippen LogP contribution in [0.1, 0.15) is 11.1 Å². The largest absolute Gasteiger partial charge is 0.303 e. The van der Waals surface area contributed by atoms with Gasteiger partial charge in [0.15, 0.2) is 5.82 Å². The van der Waals surface area contributed by atoms with Gasteiger partial charge in [0.2, 0.25) is 4.96 Å². The monoisotopic (exact) mass is 548 g/mol. The molecular formula is C25H14BrClN4O2S. The normalized spacial score (nSPS) is 14.8. The molecule has 6 nitrogen and oxygen atoms in total. The van der Waals surface area contributed by atoms with Crippen molar-refractivity contribution in [1.82, 2.24) is 14.6 Å². The van der Waals surface area contributed by atoms with Crippen LogP contribution in [0.3, 0.4) is 0 Å². The third-order valence-corrected chi connectivity index (χ3v) is 7.57. The van der Waals surface area contributed by atoms with Crippen LogP contribution in [0.2, 0.25) is 5.02 Å². The van der Waals surface area contributed by atoms with Crippen molar-refractivity contribution in [3.05, 3.63) is 108 Å². The molecule has 0 saturated carbocycles. The van der Waals surface area contributed by atoms with E-state index in [0.29, 0.717) is 38.0 Å². The number of aromatic nitrogens is 3. The molecule has 2 aromatic heterocycles. The first-order valence-corrected chi connectivity index (χ1v) is 12.3. The van der Waals surface area contributed by atoms with Crippen molar-refractivity contribution in [3.8, 4) is 11.4 Å². The number of nitrogens with zero attached hydrogens (tertiary/aromatic N) is 4. The maximum atomic E-state index is 13.7. The zero-order chi connectivity index (χ0) is 23.4. The van der Waals surface area contributed by atoms with Gasteiger partial charge in [-0.3, -0.25) is 9.59 Å². The number of thiazole rings is 1. The SMILES string of the molecule is O=C1/C(=c2\sc3nc(-c4ccccc4)nn3c2=O)c2cc(Br)ccc2N1Cc1ccccc1Cl. The first-order chi connectivity index (χ1) is 16.5. The Morgan fingerprint density at radius 3 is 2.50 bits per heavy atom. The number of hydrogen-bond donors (Lipinski definition) is 0. The lowest BCUT2D eigenvalue weighted by atomic mass is 10.1. The van der Waals surface area contributed by atoms with Gasteiger partial charge in [0.05, 0.1) is 17.8 Å². The molecule has 0 saturated heterocycles. The van der Waals surface area contributed by atoms with Gasteiger partial charge in [-0.15, -0.1) is 5.10 Å². The third kappa shape index (κ3) is 3.37. The number of halogens is 2. The smallest absolute Gasteiger partial charge is 0.291 e. The topological polar surface area (TPSA) is 67.6 Å². The van der Waals surface area contributed by atoms with Gasteiger partial charge in [0, 0.05) is 20.6 Å². The van der Waals surface area contributed by atoms with Gasteiger partial charge in [-0.1, -0.05) is 87.4 Å². The van der Waals surface area contributed by atoms with Gasteiger partial charge >= 0.3 is 0 Å². The lowest BCUT2D eigenvalue weighted by Crippen LogP contribution is -2.32. The van der Waals surface area contributed by atoms with Gasteiger partial charge in [0.25, 0.3) is 11.5 Å². The van der Waals surface area contributed by atoms with E-state index in [0.717, 1.165) is 21.3 Å². The quantitative estimate of drug-likeness (QED) is 0.327. The van der Waals surface area contributed by atoms with E-state index in [2.05, 4.69) is 26.0 Å². The molecule has 3 aromatic carbocycles. The summed E-state index contributed by atoms with van der Waals surface area (Å²) in [5.74, 6) is 0.222. The molecular weight excluding hydrogens is 536 g/mol. The van der Waals surface area contributed by atoms with Gasteiger partial charge in [0.1, 0.15) is 4.53 Å². The summed E-state index contributed by atoms with van der Waals surface area (Å²) in [6.07, 6.45) is 0. The second kappa shape index (κ2) is 8.16. The van der Waals surface area contributed by atoms with Crippen LogP contribution in [-0.2, 0) is 11.3 Å². The number of carbonyl (C=O) groups excluding carboxylic acids is 1. The lowest BCUT2D eigenvalue weighted by Gasteiger charge is -2.18. The molecule has 6 rings (SSSR count). The second-order valence-electron chi connectivity index (χ2n) is 7.75. The molecule has 34 heavy (non-hydrogen) atoms. The van der Waals surface area contributed by atoms with E-state index in [1.807, 2.05) is 66.7 Å². The zero-order valence-corrected chi connectivity index (χ0v) is 20.6. The highest BCUT2D eigenvalue weighted by atomic mass is 79.9. The summed E-state index contributed by atoms with van der Waals surface area (Å²) in [4.78, 5) is 33.7. The van der Waals surface area contributed by atoms with Crippen molar-refractivity contribution in [2.75, 3.05) is 4.90 Å². The van der Waals surface area contributed by atoms with Crippen molar-refractivity contribution < 1.29 is 4.79 Å². The number of hydrogen-bond acceptors (Lipinski definition) is 5. The summed E-state index contributed by atoms with van der Waals surface area (Å²) >= 11 is 11.0. The molecule has 9 heteroatoms. The molecule has 0 fully saturated rings. The van der Waals surface area contributed by atoms with Crippen LogP contribution >= 0.6 is 38.9 Å². The molecule has 0 atom stereocenters. The molecule has 0 N–H and O–H groups in total. The van der Waals surface area contributed by atoms with Crippen LogP contribution in [-0.4, -0.2) is 20.5 Å². The molecule has 0 spiro atoms. The van der Waals surface area contributed by atoms with E-state index >= 15 is 0 Å². The predicted molar refractivity (Wildman–Crippen MR) is 137 cm³/mol. The van der Waals surface area contributed by atoms with E-state index in [4.69, 9.17) is 11.6 Å². The first kappa shape index (κ1) is 21.2. The number of fused-ring (bicyclic) bond motifs is 2. The second-order valence-corrected chi connectivity index (χ2v) is 10.1. The third-order valence-electron chi connectivity index (χ3n) is 5.68.